The van der Waals surface area contributed by atoms with Gasteiger partial charge in [0.1, 0.15) is 6.04 Å². The molecule has 1 saturated heterocycles. The number of nitrogens with two attached hydrogens (primary N) is 1. The smallest absolute Gasteiger partial charge is 0.310 e. The Bertz CT molecular complexity index is 521. The predicted molar refractivity (Wildman–Crippen MR) is 77.8 cm³/mol. The molecule has 2 N–H and O–H groups in total. The van der Waals surface area contributed by atoms with Gasteiger partial charge in [0.2, 0.25) is 5.91 Å². The van der Waals surface area contributed by atoms with Gasteiger partial charge in [-0.15, -0.1) is 0 Å². The number of rotatable bonds is 4. The van der Waals surface area contributed by atoms with Gasteiger partial charge in [-0.2, -0.15) is 0 Å². The molecule has 0 aliphatic carbocycles. The van der Waals surface area contributed by atoms with E-state index in [0.717, 1.165) is 10.0 Å². The number of likely N-dealkylation sites (tertiary alicyclic amines) is 1. The molecule has 20 heavy (non-hydrogen) atoms. The Labute approximate surface area is 126 Å². The number of ether oxygens (including phenoxy) is 1. The molecule has 6 heteroatoms. The summed E-state index contributed by atoms with van der Waals surface area (Å²) >= 11 is 3.39. The molecule has 2 rings (SSSR count). The van der Waals surface area contributed by atoms with E-state index in [1.807, 2.05) is 29.2 Å². The lowest BCUT2D eigenvalue weighted by Gasteiger charge is -2.25. The Morgan fingerprint density at radius 1 is 1.50 bits per heavy atom. The van der Waals surface area contributed by atoms with E-state index in [-0.39, 0.29) is 11.9 Å². The average molecular weight is 341 g/mol. The first-order chi connectivity index (χ1) is 9.52. The van der Waals surface area contributed by atoms with E-state index in [1.165, 1.54) is 7.11 Å². The second-order valence-electron chi connectivity index (χ2n) is 4.86. The Kier molecular flexibility index (Phi) is 4.77. The number of hydrogen-bond donors (Lipinski definition) is 1. The van der Waals surface area contributed by atoms with Crippen molar-refractivity contribution in [3.63, 3.8) is 0 Å². The highest BCUT2D eigenvalue weighted by Gasteiger charge is 2.35. The van der Waals surface area contributed by atoms with Gasteiger partial charge in [0.05, 0.1) is 13.0 Å². The van der Waals surface area contributed by atoms with Crippen LogP contribution in [0.5, 0.6) is 0 Å². The lowest BCUT2D eigenvalue weighted by Crippen LogP contribution is -2.37. The number of amides is 1. The summed E-state index contributed by atoms with van der Waals surface area (Å²) in [6.07, 6.45) is 0.685. The van der Waals surface area contributed by atoms with Crippen molar-refractivity contribution in [3.05, 3.63) is 34.3 Å². The molecule has 0 saturated carbocycles. The normalized spacial score (nSPS) is 20.6. The van der Waals surface area contributed by atoms with Gasteiger partial charge in [-0.1, -0.05) is 28.1 Å². The number of carbonyl (C=O) groups is 2. The zero-order valence-electron chi connectivity index (χ0n) is 11.2. The van der Waals surface area contributed by atoms with Crippen LogP contribution < -0.4 is 5.73 Å². The molecule has 0 aromatic heterocycles. The van der Waals surface area contributed by atoms with Crippen LogP contribution >= 0.6 is 15.9 Å². The zero-order chi connectivity index (χ0) is 14.7. The summed E-state index contributed by atoms with van der Waals surface area (Å²) in [4.78, 5) is 25.3. The van der Waals surface area contributed by atoms with Gasteiger partial charge in [-0.05, 0) is 24.1 Å². The molecule has 1 amide bonds. The molecule has 1 aliphatic rings. The molecule has 0 spiro atoms. The topological polar surface area (TPSA) is 72.6 Å². The largest absolute Gasteiger partial charge is 0.469 e. The van der Waals surface area contributed by atoms with Crippen molar-refractivity contribution in [2.45, 2.75) is 12.5 Å². The molecule has 2 atom stereocenters. The molecule has 5 nitrogen and oxygen atoms in total. The maximum Gasteiger partial charge on any atom is 0.310 e. The summed E-state index contributed by atoms with van der Waals surface area (Å²) in [7, 11) is 1.38. The Balaban J connectivity index is 2.19. The Hall–Kier alpha value is -1.40. The molecule has 1 aliphatic heterocycles. The van der Waals surface area contributed by atoms with Crippen molar-refractivity contribution in [1.82, 2.24) is 4.90 Å². The van der Waals surface area contributed by atoms with Crippen LogP contribution in [0.2, 0.25) is 0 Å². The summed E-state index contributed by atoms with van der Waals surface area (Å²) in [5.74, 6) is -0.826. The molecule has 0 unspecified atom stereocenters. The van der Waals surface area contributed by atoms with Crippen molar-refractivity contribution in [1.29, 1.82) is 0 Å². The third-order valence-corrected chi connectivity index (χ3v) is 4.05. The minimum absolute atomic E-state index is 0.186. The summed E-state index contributed by atoms with van der Waals surface area (Å²) in [6, 6.07) is 6.99. The molecular weight excluding hydrogens is 324 g/mol. The lowest BCUT2D eigenvalue weighted by atomic mass is 10.0. The standard InChI is InChI=1S/C14H17BrN2O3/c1-20-14(19)10-5-6-17(8-10)12(13(16)18)9-3-2-4-11(15)7-9/h2-4,7,10,12H,5-6,8H2,1H3,(H2,16,18)/t10-,12-/m0/s1. The highest BCUT2D eigenvalue weighted by molar-refractivity contribution is 9.10. The summed E-state index contributed by atoms with van der Waals surface area (Å²) in [5.41, 5.74) is 6.37. The fraction of sp³-hybridized carbons (Fsp3) is 0.429. The lowest BCUT2D eigenvalue weighted by molar-refractivity contribution is -0.145. The maximum absolute atomic E-state index is 11.8. The minimum Gasteiger partial charge on any atom is -0.469 e. The van der Waals surface area contributed by atoms with Gasteiger partial charge in [-0.25, -0.2) is 0 Å². The summed E-state index contributed by atoms with van der Waals surface area (Å²) in [6.45, 7) is 1.15. The number of carbonyl (C=O) groups excluding carboxylic acids is 2. The van der Waals surface area contributed by atoms with Crippen LogP contribution in [0.4, 0.5) is 0 Å². The highest BCUT2D eigenvalue weighted by atomic mass is 79.9. The van der Waals surface area contributed by atoms with Crippen LogP contribution in [0.15, 0.2) is 28.7 Å². The Morgan fingerprint density at radius 2 is 2.25 bits per heavy atom. The molecule has 1 aromatic carbocycles. The quantitative estimate of drug-likeness (QED) is 0.842. The monoisotopic (exact) mass is 340 g/mol. The van der Waals surface area contributed by atoms with E-state index in [9.17, 15) is 9.59 Å². The second kappa shape index (κ2) is 6.37. The number of esters is 1. The predicted octanol–water partition coefficient (Wildman–Crippen LogP) is 1.47. The zero-order valence-corrected chi connectivity index (χ0v) is 12.8. The number of hydrogen-bond acceptors (Lipinski definition) is 4. The van der Waals surface area contributed by atoms with Crippen molar-refractivity contribution < 1.29 is 14.3 Å². The number of methoxy groups -OCH3 is 1. The third kappa shape index (κ3) is 3.19. The van der Waals surface area contributed by atoms with Crippen LogP contribution in [0, 0.1) is 5.92 Å². The van der Waals surface area contributed by atoms with Crippen LogP contribution in [0.3, 0.4) is 0 Å². The van der Waals surface area contributed by atoms with E-state index >= 15 is 0 Å². The summed E-state index contributed by atoms with van der Waals surface area (Å²) in [5, 5.41) is 0. The van der Waals surface area contributed by atoms with Crippen molar-refractivity contribution in [2.24, 2.45) is 11.7 Å². The maximum atomic E-state index is 11.8. The molecule has 108 valence electrons. The van der Waals surface area contributed by atoms with E-state index in [0.29, 0.717) is 19.5 Å². The number of halogens is 1. The van der Waals surface area contributed by atoms with Crippen LogP contribution in [-0.2, 0) is 14.3 Å². The van der Waals surface area contributed by atoms with Gasteiger partial charge < -0.3 is 10.5 Å². The number of nitrogens with zero attached hydrogens (tertiary/aromatic N) is 1. The number of benzene rings is 1. The summed E-state index contributed by atoms with van der Waals surface area (Å²) < 4.78 is 5.65. The van der Waals surface area contributed by atoms with Crippen LogP contribution in [0.25, 0.3) is 0 Å². The van der Waals surface area contributed by atoms with Gasteiger partial charge in [0, 0.05) is 17.6 Å². The van der Waals surface area contributed by atoms with E-state index in [1.54, 1.807) is 0 Å². The fourth-order valence-electron chi connectivity index (χ4n) is 2.61. The van der Waals surface area contributed by atoms with Crippen molar-refractivity contribution in [2.75, 3.05) is 20.2 Å². The van der Waals surface area contributed by atoms with E-state index in [2.05, 4.69) is 15.9 Å². The number of primary amides is 1. The van der Waals surface area contributed by atoms with Gasteiger partial charge in [0.15, 0.2) is 0 Å². The second-order valence-corrected chi connectivity index (χ2v) is 5.78. The molecule has 0 bridgehead atoms. The third-order valence-electron chi connectivity index (χ3n) is 3.55. The van der Waals surface area contributed by atoms with Crippen LogP contribution in [-0.4, -0.2) is 37.0 Å². The van der Waals surface area contributed by atoms with Gasteiger partial charge in [-0.3, -0.25) is 14.5 Å². The first kappa shape index (κ1) is 15.0. The molecule has 1 fully saturated rings. The minimum atomic E-state index is -0.512. The Morgan fingerprint density at radius 3 is 2.85 bits per heavy atom. The van der Waals surface area contributed by atoms with E-state index in [4.69, 9.17) is 10.5 Å². The molecule has 0 radical (unpaired) electrons. The van der Waals surface area contributed by atoms with Gasteiger partial charge >= 0.3 is 5.97 Å². The van der Waals surface area contributed by atoms with Gasteiger partial charge in [0.25, 0.3) is 0 Å². The first-order valence-electron chi connectivity index (χ1n) is 6.39. The molecule has 1 heterocycles. The first-order valence-corrected chi connectivity index (χ1v) is 7.19. The van der Waals surface area contributed by atoms with E-state index < -0.39 is 11.9 Å². The highest BCUT2D eigenvalue weighted by Crippen LogP contribution is 2.29. The van der Waals surface area contributed by atoms with Crippen molar-refractivity contribution in [3.8, 4) is 0 Å². The molecular formula is C14H17BrN2O3. The SMILES string of the molecule is COC(=O)[C@H]1CCN([C@H](C(N)=O)c2cccc(Br)c2)C1. The average Bonchev–Trinajstić information content (AvgIpc) is 2.87. The van der Waals surface area contributed by atoms with Crippen LogP contribution in [0.1, 0.15) is 18.0 Å². The molecule has 1 aromatic rings. The van der Waals surface area contributed by atoms with Crippen molar-refractivity contribution >= 4 is 27.8 Å². The fourth-order valence-corrected chi connectivity index (χ4v) is 3.03.